The molecule has 6 heteroatoms. The molecule has 0 unspecified atom stereocenters. The van der Waals surface area contributed by atoms with Crippen molar-refractivity contribution in [3.05, 3.63) is 47.3 Å². The largest absolute Gasteiger partial charge is 0.357 e. The molecule has 1 fully saturated rings. The molecule has 0 spiro atoms. The molecule has 2 N–H and O–H groups in total. The fourth-order valence-corrected chi connectivity index (χ4v) is 3.90. The van der Waals surface area contributed by atoms with Crippen molar-refractivity contribution < 1.29 is 0 Å². The van der Waals surface area contributed by atoms with Crippen LogP contribution in [0.4, 0.5) is 0 Å². The van der Waals surface area contributed by atoms with Crippen molar-refractivity contribution in [2.24, 2.45) is 4.99 Å². The number of nitrogens with zero attached hydrogens (tertiary/aromatic N) is 4. The van der Waals surface area contributed by atoms with Crippen LogP contribution in [0.3, 0.4) is 0 Å². The molecule has 1 aromatic heterocycles. The molecule has 2 aromatic rings. The number of unbranched alkanes of at least 4 members (excludes halogenated alkanes) is 1. The smallest absolute Gasteiger partial charge is 0.191 e. The SMILES string of the molecule is CCNC(=NCc1ccccc1-n1nc(C)cc1C)NCCCCN1CCCC1. The van der Waals surface area contributed by atoms with E-state index in [0.29, 0.717) is 6.54 Å². The van der Waals surface area contributed by atoms with Crippen LogP contribution >= 0.6 is 0 Å². The van der Waals surface area contributed by atoms with Gasteiger partial charge >= 0.3 is 0 Å². The second-order valence-corrected chi connectivity index (χ2v) is 7.85. The first kappa shape index (κ1) is 21.4. The Labute approximate surface area is 175 Å². The molecule has 0 atom stereocenters. The minimum atomic E-state index is 0.623. The molecule has 158 valence electrons. The van der Waals surface area contributed by atoms with Crippen LogP contribution in [-0.4, -0.2) is 53.4 Å². The number of benzene rings is 1. The summed E-state index contributed by atoms with van der Waals surface area (Å²) in [7, 11) is 0. The van der Waals surface area contributed by atoms with Crippen LogP contribution in [0, 0.1) is 13.8 Å². The van der Waals surface area contributed by atoms with Gasteiger partial charge in [-0.05, 0) is 83.8 Å². The van der Waals surface area contributed by atoms with Gasteiger partial charge in [-0.2, -0.15) is 5.10 Å². The Morgan fingerprint density at radius 1 is 1.10 bits per heavy atom. The number of likely N-dealkylation sites (tertiary alicyclic amines) is 1. The van der Waals surface area contributed by atoms with Gasteiger partial charge in [-0.3, -0.25) is 0 Å². The average Bonchev–Trinajstić information content (AvgIpc) is 3.35. The molecule has 1 aliphatic rings. The van der Waals surface area contributed by atoms with Crippen molar-refractivity contribution in [3.63, 3.8) is 0 Å². The van der Waals surface area contributed by atoms with Crippen LogP contribution in [0.25, 0.3) is 5.69 Å². The molecule has 2 heterocycles. The lowest BCUT2D eigenvalue weighted by Crippen LogP contribution is -2.38. The fraction of sp³-hybridized carbons (Fsp3) is 0.565. The van der Waals surface area contributed by atoms with Gasteiger partial charge < -0.3 is 15.5 Å². The number of guanidine groups is 1. The van der Waals surface area contributed by atoms with Crippen LogP contribution in [0.5, 0.6) is 0 Å². The maximum Gasteiger partial charge on any atom is 0.191 e. The van der Waals surface area contributed by atoms with Gasteiger partial charge in [-0.1, -0.05) is 18.2 Å². The van der Waals surface area contributed by atoms with Crippen molar-refractivity contribution in [1.82, 2.24) is 25.3 Å². The average molecular weight is 397 g/mol. The van der Waals surface area contributed by atoms with E-state index in [4.69, 9.17) is 4.99 Å². The first-order valence-electron chi connectivity index (χ1n) is 11.0. The molecule has 0 radical (unpaired) electrons. The number of hydrogen-bond acceptors (Lipinski definition) is 3. The first-order chi connectivity index (χ1) is 14.2. The van der Waals surface area contributed by atoms with E-state index < -0.39 is 0 Å². The van der Waals surface area contributed by atoms with Gasteiger partial charge in [-0.25, -0.2) is 9.67 Å². The van der Waals surface area contributed by atoms with E-state index in [1.54, 1.807) is 0 Å². The lowest BCUT2D eigenvalue weighted by Gasteiger charge is -2.15. The van der Waals surface area contributed by atoms with Crippen LogP contribution in [0.2, 0.25) is 0 Å². The van der Waals surface area contributed by atoms with E-state index in [1.807, 2.05) is 11.6 Å². The van der Waals surface area contributed by atoms with Crippen molar-refractivity contribution in [2.45, 2.75) is 53.0 Å². The predicted octanol–water partition coefficient (Wildman–Crippen LogP) is 3.42. The summed E-state index contributed by atoms with van der Waals surface area (Å²) >= 11 is 0. The highest BCUT2D eigenvalue weighted by Crippen LogP contribution is 2.17. The number of para-hydroxylation sites is 1. The lowest BCUT2D eigenvalue weighted by atomic mass is 10.2. The highest BCUT2D eigenvalue weighted by atomic mass is 15.3. The predicted molar refractivity (Wildman–Crippen MR) is 121 cm³/mol. The van der Waals surface area contributed by atoms with E-state index in [0.717, 1.165) is 36.1 Å². The third-order valence-corrected chi connectivity index (χ3v) is 5.37. The summed E-state index contributed by atoms with van der Waals surface area (Å²) in [5.41, 5.74) is 4.44. The molecule has 29 heavy (non-hydrogen) atoms. The summed E-state index contributed by atoms with van der Waals surface area (Å²) in [6.07, 6.45) is 5.15. The molecule has 0 aliphatic carbocycles. The number of aryl methyl sites for hydroxylation is 2. The first-order valence-corrected chi connectivity index (χ1v) is 11.0. The van der Waals surface area contributed by atoms with E-state index in [1.165, 1.54) is 50.9 Å². The molecule has 1 aliphatic heterocycles. The van der Waals surface area contributed by atoms with Crippen LogP contribution < -0.4 is 10.6 Å². The third-order valence-electron chi connectivity index (χ3n) is 5.37. The maximum absolute atomic E-state index is 4.82. The monoisotopic (exact) mass is 396 g/mol. The summed E-state index contributed by atoms with van der Waals surface area (Å²) in [5.74, 6) is 0.886. The van der Waals surface area contributed by atoms with Crippen molar-refractivity contribution >= 4 is 5.96 Å². The second-order valence-electron chi connectivity index (χ2n) is 7.85. The lowest BCUT2D eigenvalue weighted by molar-refractivity contribution is 0.330. The van der Waals surface area contributed by atoms with Gasteiger partial charge in [0.25, 0.3) is 0 Å². The van der Waals surface area contributed by atoms with Gasteiger partial charge in [0.15, 0.2) is 5.96 Å². The number of aliphatic imine (C=N–C) groups is 1. The Morgan fingerprint density at radius 2 is 1.90 bits per heavy atom. The standard InChI is InChI=1S/C23H36N6/c1-4-24-23(25-13-7-8-14-28-15-9-10-16-28)26-18-21-11-5-6-12-22(21)29-20(3)17-19(2)27-29/h5-6,11-12,17H,4,7-10,13-16,18H2,1-3H3,(H2,24,25,26). The summed E-state index contributed by atoms with van der Waals surface area (Å²) in [5, 5.41) is 11.5. The Hall–Kier alpha value is -2.34. The van der Waals surface area contributed by atoms with E-state index in [9.17, 15) is 0 Å². The normalized spacial score (nSPS) is 15.1. The van der Waals surface area contributed by atoms with Crippen molar-refractivity contribution in [1.29, 1.82) is 0 Å². The molecule has 0 saturated carbocycles. The van der Waals surface area contributed by atoms with Crippen LogP contribution in [0.1, 0.15) is 49.6 Å². The van der Waals surface area contributed by atoms with Gasteiger partial charge in [0.1, 0.15) is 0 Å². The Kier molecular flexibility index (Phi) is 8.11. The molecule has 0 bridgehead atoms. The highest BCUT2D eigenvalue weighted by Gasteiger charge is 2.10. The van der Waals surface area contributed by atoms with Gasteiger partial charge in [0.05, 0.1) is 17.9 Å². The van der Waals surface area contributed by atoms with E-state index in [-0.39, 0.29) is 0 Å². The Bertz CT molecular complexity index is 788. The van der Waals surface area contributed by atoms with Crippen molar-refractivity contribution in [2.75, 3.05) is 32.7 Å². The topological polar surface area (TPSA) is 57.5 Å². The molecule has 0 amide bonds. The summed E-state index contributed by atoms with van der Waals surface area (Å²) in [6, 6.07) is 10.5. The Balaban J connectivity index is 1.56. The number of rotatable bonds is 9. The zero-order valence-electron chi connectivity index (χ0n) is 18.2. The van der Waals surface area contributed by atoms with Crippen molar-refractivity contribution in [3.8, 4) is 5.69 Å². The van der Waals surface area contributed by atoms with Gasteiger partial charge in [-0.15, -0.1) is 0 Å². The summed E-state index contributed by atoms with van der Waals surface area (Å²) < 4.78 is 2.01. The minimum absolute atomic E-state index is 0.623. The zero-order chi connectivity index (χ0) is 20.5. The summed E-state index contributed by atoms with van der Waals surface area (Å²) in [6.45, 7) is 12.5. The maximum atomic E-state index is 4.82. The van der Waals surface area contributed by atoms with E-state index >= 15 is 0 Å². The molecule has 1 saturated heterocycles. The quantitative estimate of drug-likeness (QED) is 0.387. The van der Waals surface area contributed by atoms with Gasteiger partial charge in [0, 0.05) is 18.8 Å². The highest BCUT2D eigenvalue weighted by molar-refractivity contribution is 5.79. The molecule has 1 aromatic carbocycles. The number of hydrogen-bond donors (Lipinski definition) is 2. The number of nitrogens with one attached hydrogen (secondary N) is 2. The molecular weight excluding hydrogens is 360 g/mol. The minimum Gasteiger partial charge on any atom is -0.357 e. The molecule has 3 rings (SSSR count). The number of aromatic nitrogens is 2. The molecule has 6 nitrogen and oxygen atoms in total. The zero-order valence-corrected chi connectivity index (χ0v) is 18.2. The summed E-state index contributed by atoms with van der Waals surface area (Å²) in [4.78, 5) is 7.40. The second kappa shape index (κ2) is 11.0. The van der Waals surface area contributed by atoms with Gasteiger partial charge in [0.2, 0.25) is 0 Å². The van der Waals surface area contributed by atoms with Crippen LogP contribution in [-0.2, 0) is 6.54 Å². The Morgan fingerprint density at radius 3 is 2.62 bits per heavy atom. The fourth-order valence-electron chi connectivity index (χ4n) is 3.90. The third kappa shape index (κ3) is 6.32. The van der Waals surface area contributed by atoms with Crippen LogP contribution in [0.15, 0.2) is 35.3 Å². The van der Waals surface area contributed by atoms with E-state index in [2.05, 4.69) is 64.8 Å². The molecular formula is C23H36N6.